The summed E-state index contributed by atoms with van der Waals surface area (Å²) in [5.74, 6) is 1.94. The first-order valence-electron chi connectivity index (χ1n) is 4.99. The highest BCUT2D eigenvalue weighted by atomic mass is 16.4. The Morgan fingerprint density at radius 3 is 2.08 bits per heavy atom. The van der Waals surface area contributed by atoms with E-state index in [1.54, 1.807) is 0 Å². The quantitative estimate of drug-likeness (QED) is 0.683. The Balaban J connectivity index is 1.76. The van der Waals surface area contributed by atoms with Crippen molar-refractivity contribution >= 4 is 5.97 Å². The summed E-state index contributed by atoms with van der Waals surface area (Å²) in [6, 6.07) is 0. The van der Waals surface area contributed by atoms with E-state index in [4.69, 9.17) is 5.11 Å². The maximum Gasteiger partial charge on any atom is 0.303 e. The van der Waals surface area contributed by atoms with Crippen LogP contribution in [0.15, 0.2) is 0 Å². The van der Waals surface area contributed by atoms with Crippen molar-refractivity contribution in [3.63, 3.8) is 0 Å². The molecule has 0 aromatic rings. The van der Waals surface area contributed by atoms with Crippen molar-refractivity contribution in [2.24, 2.45) is 17.8 Å². The highest BCUT2D eigenvalue weighted by molar-refractivity contribution is 5.66. The van der Waals surface area contributed by atoms with Crippen LogP contribution in [-0.4, -0.2) is 11.1 Å². The molecular weight excluding hydrogens is 152 g/mol. The molecule has 0 saturated heterocycles. The van der Waals surface area contributed by atoms with Gasteiger partial charge < -0.3 is 5.11 Å². The number of aliphatic carboxylic acids is 1. The molecule has 2 aliphatic carbocycles. The summed E-state index contributed by atoms with van der Waals surface area (Å²) in [4.78, 5) is 10.4. The molecule has 0 amide bonds. The van der Waals surface area contributed by atoms with E-state index in [0.717, 1.165) is 24.2 Å². The van der Waals surface area contributed by atoms with Crippen LogP contribution in [0.4, 0.5) is 0 Å². The van der Waals surface area contributed by atoms with E-state index in [-0.39, 0.29) is 0 Å². The van der Waals surface area contributed by atoms with Gasteiger partial charge in [0.15, 0.2) is 0 Å². The minimum atomic E-state index is -0.624. The molecule has 2 rings (SSSR count). The summed E-state index contributed by atoms with van der Waals surface area (Å²) >= 11 is 0. The Morgan fingerprint density at radius 2 is 1.75 bits per heavy atom. The third-order valence-corrected chi connectivity index (χ3v) is 3.15. The van der Waals surface area contributed by atoms with E-state index in [9.17, 15) is 4.79 Å². The summed E-state index contributed by atoms with van der Waals surface area (Å²) in [5, 5.41) is 8.57. The lowest BCUT2D eigenvalue weighted by Gasteiger charge is -2.12. The van der Waals surface area contributed by atoms with Crippen molar-refractivity contribution < 1.29 is 9.90 Å². The minimum absolute atomic E-state index is 0.387. The number of hydrogen-bond acceptors (Lipinski definition) is 1. The SMILES string of the molecule is O=C(O)CCC(C1CC1)C1CC1. The van der Waals surface area contributed by atoms with Gasteiger partial charge >= 0.3 is 5.97 Å². The van der Waals surface area contributed by atoms with Gasteiger partial charge in [-0.05, 0) is 49.9 Å². The van der Waals surface area contributed by atoms with Crippen molar-refractivity contribution in [3.05, 3.63) is 0 Å². The van der Waals surface area contributed by atoms with E-state index in [1.165, 1.54) is 25.7 Å². The Bertz CT molecular complexity index is 168. The van der Waals surface area contributed by atoms with Crippen molar-refractivity contribution in [2.45, 2.75) is 38.5 Å². The maximum absolute atomic E-state index is 10.4. The molecule has 2 fully saturated rings. The van der Waals surface area contributed by atoms with Gasteiger partial charge in [0.2, 0.25) is 0 Å². The predicted octanol–water partition coefficient (Wildman–Crippen LogP) is 2.29. The molecule has 0 bridgehead atoms. The minimum Gasteiger partial charge on any atom is -0.481 e. The van der Waals surface area contributed by atoms with Gasteiger partial charge in [0.25, 0.3) is 0 Å². The van der Waals surface area contributed by atoms with Crippen molar-refractivity contribution in [1.29, 1.82) is 0 Å². The molecule has 0 aromatic carbocycles. The lowest BCUT2D eigenvalue weighted by molar-refractivity contribution is -0.137. The average molecular weight is 168 g/mol. The van der Waals surface area contributed by atoms with Gasteiger partial charge in [-0.2, -0.15) is 0 Å². The first kappa shape index (κ1) is 8.09. The molecule has 2 nitrogen and oxygen atoms in total. The van der Waals surface area contributed by atoms with Gasteiger partial charge in [-0.3, -0.25) is 4.79 Å². The van der Waals surface area contributed by atoms with Crippen LogP contribution < -0.4 is 0 Å². The third kappa shape index (κ3) is 1.99. The van der Waals surface area contributed by atoms with Crippen LogP contribution in [0.5, 0.6) is 0 Å². The van der Waals surface area contributed by atoms with Crippen LogP contribution in [0, 0.1) is 17.8 Å². The van der Waals surface area contributed by atoms with Crippen molar-refractivity contribution in [3.8, 4) is 0 Å². The second kappa shape index (κ2) is 3.08. The summed E-state index contributed by atoms with van der Waals surface area (Å²) < 4.78 is 0. The van der Waals surface area contributed by atoms with Crippen molar-refractivity contribution in [1.82, 2.24) is 0 Å². The van der Waals surface area contributed by atoms with E-state index >= 15 is 0 Å². The van der Waals surface area contributed by atoms with Crippen LogP contribution in [0.2, 0.25) is 0 Å². The molecule has 1 N–H and O–H groups in total. The predicted molar refractivity (Wildman–Crippen MR) is 45.8 cm³/mol. The zero-order valence-electron chi connectivity index (χ0n) is 7.33. The molecule has 0 atom stereocenters. The zero-order valence-corrected chi connectivity index (χ0v) is 7.33. The lowest BCUT2D eigenvalue weighted by Crippen LogP contribution is -2.08. The molecule has 0 heterocycles. The largest absolute Gasteiger partial charge is 0.481 e. The fourth-order valence-electron chi connectivity index (χ4n) is 2.20. The monoisotopic (exact) mass is 168 g/mol. The topological polar surface area (TPSA) is 37.3 Å². The standard InChI is InChI=1S/C10H16O2/c11-10(12)6-5-9(7-1-2-7)8-3-4-8/h7-9H,1-6H2,(H,11,12). The molecule has 0 spiro atoms. The number of carboxylic acids is 1. The number of hydrogen-bond donors (Lipinski definition) is 1. The number of rotatable bonds is 5. The van der Waals surface area contributed by atoms with E-state index < -0.39 is 5.97 Å². The van der Waals surface area contributed by atoms with Gasteiger partial charge in [0.1, 0.15) is 0 Å². The Morgan fingerprint density at radius 1 is 1.25 bits per heavy atom. The smallest absolute Gasteiger partial charge is 0.303 e. The lowest BCUT2D eigenvalue weighted by atomic mass is 9.93. The van der Waals surface area contributed by atoms with E-state index in [1.807, 2.05) is 0 Å². The number of carbonyl (C=O) groups is 1. The molecule has 0 aromatic heterocycles. The molecule has 68 valence electrons. The zero-order chi connectivity index (χ0) is 8.55. The highest BCUT2D eigenvalue weighted by Gasteiger charge is 2.40. The van der Waals surface area contributed by atoms with Gasteiger partial charge in [0, 0.05) is 6.42 Å². The van der Waals surface area contributed by atoms with Gasteiger partial charge in [-0.25, -0.2) is 0 Å². The molecular formula is C10H16O2. The second-order valence-electron chi connectivity index (χ2n) is 4.27. The van der Waals surface area contributed by atoms with Crippen LogP contribution >= 0.6 is 0 Å². The fourth-order valence-corrected chi connectivity index (χ4v) is 2.20. The summed E-state index contributed by atoms with van der Waals surface area (Å²) in [5.41, 5.74) is 0. The molecule has 12 heavy (non-hydrogen) atoms. The van der Waals surface area contributed by atoms with E-state index in [2.05, 4.69) is 0 Å². The molecule has 0 radical (unpaired) electrons. The van der Waals surface area contributed by atoms with E-state index in [0.29, 0.717) is 6.42 Å². The maximum atomic E-state index is 10.4. The normalized spacial score (nSPS) is 23.1. The fraction of sp³-hybridized carbons (Fsp3) is 0.900. The molecule has 2 aliphatic rings. The molecule has 2 heteroatoms. The van der Waals surface area contributed by atoms with Gasteiger partial charge in [0.05, 0.1) is 0 Å². The molecule has 0 aliphatic heterocycles. The third-order valence-electron chi connectivity index (χ3n) is 3.15. The molecule has 2 saturated carbocycles. The summed E-state index contributed by atoms with van der Waals surface area (Å²) in [7, 11) is 0. The molecule has 0 unspecified atom stereocenters. The number of carboxylic acid groups (broad SMARTS) is 1. The Hall–Kier alpha value is -0.530. The van der Waals surface area contributed by atoms with Crippen LogP contribution in [0.25, 0.3) is 0 Å². The van der Waals surface area contributed by atoms with Gasteiger partial charge in [-0.1, -0.05) is 0 Å². The summed E-state index contributed by atoms with van der Waals surface area (Å²) in [6.45, 7) is 0. The first-order chi connectivity index (χ1) is 5.77. The van der Waals surface area contributed by atoms with Crippen LogP contribution in [-0.2, 0) is 4.79 Å². The average Bonchev–Trinajstić information content (AvgIpc) is 2.83. The van der Waals surface area contributed by atoms with Gasteiger partial charge in [-0.15, -0.1) is 0 Å². The Labute approximate surface area is 73.0 Å². The van der Waals surface area contributed by atoms with Crippen molar-refractivity contribution in [2.75, 3.05) is 0 Å². The Kier molecular flexibility index (Phi) is 2.07. The van der Waals surface area contributed by atoms with Crippen LogP contribution in [0.1, 0.15) is 38.5 Å². The van der Waals surface area contributed by atoms with Crippen LogP contribution in [0.3, 0.4) is 0 Å². The highest BCUT2D eigenvalue weighted by Crippen LogP contribution is 2.50. The summed E-state index contributed by atoms with van der Waals surface area (Å²) in [6.07, 6.45) is 6.77. The first-order valence-corrected chi connectivity index (χ1v) is 4.99. The second-order valence-corrected chi connectivity index (χ2v) is 4.27.